The molecular formula is C21H14FN2O+. The van der Waals surface area contributed by atoms with E-state index in [4.69, 9.17) is 0 Å². The van der Waals surface area contributed by atoms with E-state index in [1.165, 1.54) is 6.07 Å². The topological polar surface area (TPSA) is 25.4 Å². The number of nitrogens with zero attached hydrogens (tertiary/aromatic N) is 2. The van der Waals surface area contributed by atoms with E-state index in [-0.39, 0.29) is 11.4 Å². The van der Waals surface area contributed by atoms with Crippen LogP contribution in [0.1, 0.15) is 5.56 Å². The third kappa shape index (κ3) is 1.97. The molecule has 0 saturated heterocycles. The molecule has 0 saturated carbocycles. The number of benzene rings is 2. The van der Waals surface area contributed by atoms with E-state index in [9.17, 15) is 9.18 Å². The van der Waals surface area contributed by atoms with Gasteiger partial charge >= 0.3 is 0 Å². The van der Waals surface area contributed by atoms with Crippen LogP contribution in [0.25, 0.3) is 27.3 Å². The average Bonchev–Trinajstić information content (AvgIpc) is 2.97. The largest absolute Gasteiger partial charge is 0.270 e. The molecule has 0 radical (unpaired) electrons. The van der Waals surface area contributed by atoms with Crippen molar-refractivity contribution in [3.8, 4) is 0 Å². The summed E-state index contributed by atoms with van der Waals surface area (Å²) >= 11 is 0. The molecule has 5 aromatic rings. The lowest BCUT2D eigenvalue weighted by Gasteiger charge is -2.04. The van der Waals surface area contributed by atoms with Crippen LogP contribution in [0.5, 0.6) is 0 Å². The number of hydrogen-bond donors (Lipinski definition) is 0. The SMILES string of the molecule is O=c1ccc2c3c(cc[n+]2Cc2ccccc2F)c2ccccc2n13. The van der Waals surface area contributed by atoms with E-state index in [1.54, 1.807) is 22.6 Å². The van der Waals surface area contributed by atoms with Gasteiger partial charge in [0.15, 0.2) is 12.7 Å². The maximum Gasteiger partial charge on any atom is 0.256 e. The average molecular weight is 329 g/mol. The molecule has 3 nitrogen and oxygen atoms in total. The van der Waals surface area contributed by atoms with Crippen LogP contribution in [0, 0.1) is 5.82 Å². The molecule has 4 heteroatoms. The Morgan fingerprint density at radius 1 is 0.880 bits per heavy atom. The van der Waals surface area contributed by atoms with Crippen molar-refractivity contribution >= 4 is 27.3 Å². The van der Waals surface area contributed by atoms with Crippen molar-refractivity contribution in [2.24, 2.45) is 0 Å². The second-order valence-corrected chi connectivity index (χ2v) is 6.21. The number of para-hydroxylation sites is 1. The molecule has 3 aromatic heterocycles. The highest BCUT2D eigenvalue weighted by molar-refractivity contribution is 6.11. The fraction of sp³-hybridized carbons (Fsp3) is 0.0476. The number of aromatic nitrogens is 2. The Kier molecular flexibility index (Phi) is 2.88. The van der Waals surface area contributed by atoms with E-state index in [2.05, 4.69) is 0 Å². The molecule has 0 unspecified atom stereocenters. The molecule has 0 bridgehead atoms. The Morgan fingerprint density at radius 3 is 2.56 bits per heavy atom. The van der Waals surface area contributed by atoms with Crippen LogP contribution < -0.4 is 10.1 Å². The summed E-state index contributed by atoms with van der Waals surface area (Å²) in [5.74, 6) is -0.223. The first-order valence-electron chi connectivity index (χ1n) is 8.15. The molecule has 0 spiro atoms. The molecule has 120 valence electrons. The van der Waals surface area contributed by atoms with Crippen LogP contribution in [0.15, 0.2) is 77.7 Å². The first kappa shape index (κ1) is 14.1. The number of rotatable bonds is 2. The van der Waals surface area contributed by atoms with Crippen LogP contribution in [0.2, 0.25) is 0 Å². The molecule has 5 rings (SSSR count). The van der Waals surface area contributed by atoms with Crippen molar-refractivity contribution in [3.63, 3.8) is 0 Å². The van der Waals surface area contributed by atoms with Gasteiger partial charge in [-0.15, -0.1) is 0 Å². The van der Waals surface area contributed by atoms with Crippen molar-refractivity contribution in [3.05, 3.63) is 94.7 Å². The summed E-state index contributed by atoms with van der Waals surface area (Å²) in [5.41, 5.74) is 3.26. The predicted molar refractivity (Wildman–Crippen MR) is 95.6 cm³/mol. The highest BCUT2D eigenvalue weighted by Crippen LogP contribution is 2.28. The summed E-state index contributed by atoms with van der Waals surface area (Å²) < 4.78 is 17.8. The van der Waals surface area contributed by atoms with Crippen LogP contribution in [0.4, 0.5) is 4.39 Å². The van der Waals surface area contributed by atoms with Crippen molar-refractivity contribution in [1.82, 2.24) is 4.40 Å². The van der Waals surface area contributed by atoms with Crippen LogP contribution in [0.3, 0.4) is 0 Å². The molecule has 0 amide bonds. The van der Waals surface area contributed by atoms with Crippen LogP contribution in [-0.2, 0) is 6.54 Å². The zero-order valence-corrected chi connectivity index (χ0v) is 13.3. The molecule has 0 fully saturated rings. The third-order valence-corrected chi connectivity index (χ3v) is 4.79. The Hall–Kier alpha value is -3.27. The van der Waals surface area contributed by atoms with Crippen molar-refractivity contribution in [2.75, 3.05) is 0 Å². The zero-order chi connectivity index (χ0) is 17.0. The summed E-state index contributed by atoms with van der Waals surface area (Å²) in [6.07, 6.45) is 1.96. The predicted octanol–water partition coefficient (Wildman–Crippen LogP) is 3.52. The Morgan fingerprint density at radius 2 is 1.68 bits per heavy atom. The summed E-state index contributed by atoms with van der Waals surface area (Å²) in [4.78, 5) is 12.5. The minimum atomic E-state index is -0.223. The lowest BCUT2D eigenvalue weighted by Crippen LogP contribution is -2.36. The van der Waals surface area contributed by atoms with Gasteiger partial charge < -0.3 is 0 Å². The monoisotopic (exact) mass is 329 g/mol. The normalized spacial score (nSPS) is 11.7. The Balaban J connectivity index is 1.86. The lowest BCUT2D eigenvalue weighted by molar-refractivity contribution is -0.662. The number of pyridine rings is 2. The van der Waals surface area contributed by atoms with Gasteiger partial charge in [0.05, 0.1) is 11.1 Å². The number of halogens is 1. The van der Waals surface area contributed by atoms with Gasteiger partial charge in [-0.3, -0.25) is 9.20 Å². The van der Waals surface area contributed by atoms with Crippen LogP contribution in [-0.4, -0.2) is 4.40 Å². The van der Waals surface area contributed by atoms with E-state index < -0.39 is 0 Å². The first-order valence-corrected chi connectivity index (χ1v) is 8.15. The van der Waals surface area contributed by atoms with E-state index >= 15 is 0 Å². The third-order valence-electron chi connectivity index (χ3n) is 4.79. The summed E-state index contributed by atoms with van der Waals surface area (Å²) in [7, 11) is 0. The molecule has 0 atom stereocenters. The number of hydrogen-bond acceptors (Lipinski definition) is 1. The van der Waals surface area contributed by atoms with Crippen molar-refractivity contribution < 1.29 is 8.96 Å². The highest BCUT2D eigenvalue weighted by atomic mass is 19.1. The van der Waals surface area contributed by atoms with Gasteiger partial charge in [0.2, 0.25) is 5.52 Å². The molecule has 3 heterocycles. The highest BCUT2D eigenvalue weighted by Gasteiger charge is 2.20. The molecule has 2 aromatic carbocycles. The van der Waals surface area contributed by atoms with E-state index in [0.29, 0.717) is 12.1 Å². The zero-order valence-electron chi connectivity index (χ0n) is 13.3. The second-order valence-electron chi connectivity index (χ2n) is 6.21. The molecule has 0 N–H and O–H groups in total. The molecule has 0 aliphatic carbocycles. The lowest BCUT2D eigenvalue weighted by atomic mass is 10.1. The Bertz CT molecular complexity index is 1310. The standard InChI is InChI=1S/C21H14FN2O/c22-17-7-3-1-5-14(17)13-23-12-11-16-15-6-2-4-8-18(15)24-20(25)10-9-19(23)21(16)24/h1-12H,13H2/q+1. The van der Waals surface area contributed by atoms with E-state index in [1.807, 2.05) is 53.2 Å². The second kappa shape index (κ2) is 5.11. The minimum absolute atomic E-state index is 0.0534. The van der Waals surface area contributed by atoms with E-state index in [0.717, 1.165) is 27.3 Å². The minimum Gasteiger partial charge on any atom is -0.270 e. The molecule has 25 heavy (non-hydrogen) atoms. The maximum absolute atomic E-state index is 14.1. The van der Waals surface area contributed by atoms with Gasteiger partial charge in [0, 0.05) is 29.0 Å². The van der Waals surface area contributed by atoms with Gasteiger partial charge in [0.25, 0.3) is 5.56 Å². The van der Waals surface area contributed by atoms with Gasteiger partial charge in [0.1, 0.15) is 11.3 Å². The Labute approximate surface area is 142 Å². The van der Waals surface area contributed by atoms with Gasteiger partial charge in [-0.2, -0.15) is 4.57 Å². The molecule has 0 aliphatic rings. The summed E-state index contributed by atoms with van der Waals surface area (Å²) in [6.45, 7) is 0.415. The van der Waals surface area contributed by atoms with Gasteiger partial charge in [-0.25, -0.2) is 4.39 Å². The fourth-order valence-electron chi connectivity index (χ4n) is 3.64. The quantitative estimate of drug-likeness (QED) is 0.455. The molecule has 0 aliphatic heterocycles. The fourth-order valence-corrected chi connectivity index (χ4v) is 3.64. The smallest absolute Gasteiger partial charge is 0.256 e. The summed E-state index contributed by atoms with van der Waals surface area (Å²) in [6, 6.07) is 20.1. The van der Waals surface area contributed by atoms with Gasteiger partial charge in [-0.1, -0.05) is 30.3 Å². The van der Waals surface area contributed by atoms with Crippen molar-refractivity contribution in [1.29, 1.82) is 0 Å². The van der Waals surface area contributed by atoms with Crippen LogP contribution >= 0.6 is 0 Å². The van der Waals surface area contributed by atoms with Gasteiger partial charge in [-0.05, 0) is 18.2 Å². The first-order chi connectivity index (χ1) is 12.2. The maximum atomic E-state index is 14.1. The van der Waals surface area contributed by atoms with Crippen molar-refractivity contribution in [2.45, 2.75) is 6.54 Å². The number of fused-ring (bicyclic) bond motifs is 3. The molecular weight excluding hydrogens is 315 g/mol. The summed E-state index contributed by atoms with van der Waals surface area (Å²) in [5, 5.41) is 2.09.